The maximum atomic E-state index is 13.5. The first kappa shape index (κ1) is 14.9. The molecule has 1 aliphatic heterocycles. The summed E-state index contributed by atoms with van der Waals surface area (Å²) in [6.07, 6.45) is -1.77. The van der Waals surface area contributed by atoms with Crippen LogP contribution in [0.1, 0.15) is 6.42 Å². The van der Waals surface area contributed by atoms with Gasteiger partial charge in [-0.25, -0.2) is 17.2 Å². The summed E-state index contributed by atoms with van der Waals surface area (Å²) >= 11 is 0. The number of rotatable bonds is 3. The molecule has 1 fully saturated rings. The molecular formula is C13H12F2N2O4S. The molecule has 6 nitrogen and oxygen atoms in total. The number of benzene rings is 1. The van der Waals surface area contributed by atoms with Gasteiger partial charge in [-0.1, -0.05) is 0 Å². The minimum Gasteiger partial charge on any atom is -0.443 e. The van der Waals surface area contributed by atoms with Gasteiger partial charge in [0.15, 0.2) is 0 Å². The van der Waals surface area contributed by atoms with Crippen molar-refractivity contribution in [2.24, 2.45) is 5.73 Å². The zero-order valence-electron chi connectivity index (χ0n) is 11.2. The second kappa shape index (κ2) is 5.03. The van der Waals surface area contributed by atoms with Gasteiger partial charge >= 0.3 is 0 Å². The SMILES string of the molecule is NC(=O)[C@@H]1C[C@@H](F)CN1S(=O)(=O)c1cc2cc(F)ccc2o1. The number of primary amides is 1. The van der Waals surface area contributed by atoms with Crippen LogP contribution in [0.2, 0.25) is 0 Å². The predicted molar refractivity (Wildman–Crippen MR) is 72.6 cm³/mol. The van der Waals surface area contributed by atoms with Crippen LogP contribution in [0.15, 0.2) is 33.8 Å². The van der Waals surface area contributed by atoms with E-state index in [0.29, 0.717) is 4.31 Å². The highest BCUT2D eigenvalue weighted by Gasteiger charge is 2.44. The Kier molecular flexibility index (Phi) is 3.41. The lowest BCUT2D eigenvalue weighted by Gasteiger charge is -2.19. The van der Waals surface area contributed by atoms with Crippen LogP contribution >= 0.6 is 0 Å². The Labute approximate surface area is 124 Å². The molecule has 1 aromatic carbocycles. The number of nitrogens with two attached hydrogens (primary N) is 1. The zero-order chi connectivity index (χ0) is 16.1. The van der Waals surface area contributed by atoms with Crippen LogP contribution in [0.5, 0.6) is 0 Å². The Morgan fingerprint density at radius 1 is 1.36 bits per heavy atom. The number of nitrogens with zero attached hydrogens (tertiary/aromatic N) is 1. The normalized spacial score (nSPS) is 23.2. The van der Waals surface area contributed by atoms with Gasteiger partial charge in [-0.3, -0.25) is 4.79 Å². The molecule has 0 radical (unpaired) electrons. The van der Waals surface area contributed by atoms with Crippen LogP contribution < -0.4 is 5.73 Å². The molecule has 3 rings (SSSR count). The van der Waals surface area contributed by atoms with Crippen LogP contribution in [-0.2, 0) is 14.8 Å². The Balaban J connectivity index is 2.05. The van der Waals surface area contributed by atoms with Gasteiger partial charge in [0, 0.05) is 24.4 Å². The summed E-state index contributed by atoms with van der Waals surface area (Å²) in [4.78, 5) is 11.3. The number of halogens is 2. The first-order chi connectivity index (χ1) is 10.3. The maximum absolute atomic E-state index is 13.5. The average Bonchev–Trinajstić information content (AvgIpc) is 3.02. The second-order valence-corrected chi connectivity index (χ2v) is 6.89. The largest absolute Gasteiger partial charge is 0.443 e. The average molecular weight is 330 g/mol. The number of sulfonamides is 1. The number of hydrogen-bond donors (Lipinski definition) is 1. The Bertz CT molecular complexity index is 849. The summed E-state index contributed by atoms with van der Waals surface area (Å²) < 4.78 is 57.6. The minimum absolute atomic E-state index is 0.173. The van der Waals surface area contributed by atoms with E-state index in [9.17, 15) is 22.0 Å². The van der Waals surface area contributed by atoms with Crippen molar-refractivity contribution in [2.45, 2.75) is 23.7 Å². The summed E-state index contributed by atoms with van der Waals surface area (Å²) in [5.41, 5.74) is 5.30. The van der Waals surface area contributed by atoms with E-state index in [1.165, 1.54) is 6.07 Å². The van der Waals surface area contributed by atoms with E-state index in [1.54, 1.807) is 0 Å². The molecule has 2 heterocycles. The number of hydrogen-bond acceptors (Lipinski definition) is 4. The van der Waals surface area contributed by atoms with E-state index >= 15 is 0 Å². The summed E-state index contributed by atoms with van der Waals surface area (Å²) in [6.45, 7) is -0.471. The molecule has 2 N–H and O–H groups in total. The van der Waals surface area contributed by atoms with Crippen LogP contribution in [0.3, 0.4) is 0 Å². The Morgan fingerprint density at radius 2 is 2.09 bits per heavy atom. The Morgan fingerprint density at radius 3 is 2.77 bits per heavy atom. The van der Waals surface area contributed by atoms with Crippen molar-refractivity contribution in [1.29, 1.82) is 0 Å². The highest BCUT2D eigenvalue weighted by atomic mass is 32.2. The first-order valence-corrected chi connectivity index (χ1v) is 7.87. The molecule has 2 aromatic rings. The number of alkyl halides is 1. The van der Waals surface area contributed by atoms with E-state index in [-0.39, 0.29) is 17.4 Å². The third-order valence-corrected chi connectivity index (χ3v) is 5.28. The topological polar surface area (TPSA) is 93.6 Å². The zero-order valence-corrected chi connectivity index (χ0v) is 12.0. The summed E-state index contributed by atoms with van der Waals surface area (Å²) in [7, 11) is -4.24. The molecule has 0 spiro atoms. The lowest BCUT2D eigenvalue weighted by Crippen LogP contribution is -2.43. The third-order valence-electron chi connectivity index (χ3n) is 3.55. The quantitative estimate of drug-likeness (QED) is 0.914. The molecule has 2 atom stereocenters. The van der Waals surface area contributed by atoms with Gasteiger partial charge in [0.05, 0.1) is 0 Å². The first-order valence-electron chi connectivity index (χ1n) is 6.43. The molecule has 118 valence electrons. The number of fused-ring (bicyclic) bond motifs is 1. The van der Waals surface area contributed by atoms with Crippen molar-refractivity contribution in [1.82, 2.24) is 4.31 Å². The monoisotopic (exact) mass is 330 g/mol. The lowest BCUT2D eigenvalue weighted by molar-refractivity contribution is -0.121. The van der Waals surface area contributed by atoms with Gasteiger partial charge < -0.3 is 10.2 Å². The predicted octanol–water partition coefficient (Wildman–Crippen LogP) is 1.16. The Hall–Kier alpha value is -2.00. The summed E-state index contributed by atoms with van der Waals surface area (Å²) in [6, 6.07) is 3.41. The van der Waals surface area contributed by atoms with Gasteiger partial charge in [0.1, 0.15) is 23.6 Å². The smallest absolute Gasteiger partial charge is 0.277 e. The molecule has 1 aromatic heterocycles. The van der Waals surface area contributed by atoms with Crippen molar-refractivity contribution >= 4 is 26.9 Å². The van der Waals surface area contributed by atoms with Crippen LogP contribution in [0.4, 0.5) is 8.78 Å². The van der Waals surface area contributed by atoms with Gasteiger partial charge in [-0.2, -0.15) is 4.31 Å². The minimum atomic E-state index is -4.24. The van der Waals surface area contributed by atoms with Gasteiger partial charge in [0.2, 0.25) is 11.0 Å². The van der Waals surface area contributed by atoms with Gasteiger partial charge in [-0.05, 0) is 18.2 Å². The fraction of sp³-hybridized carbons (Fsp3) is 0.308. The fourth-order valence-corrected chi connectivity index (χ4v) is 4.10. The fourth-order valence-electron chi connectivity index (χ4n) is 2.51. The number of carbonyl (C=O) groups excluding carboxylic acids is 1. The molecule has 1 saturated heterocycles. The van der Waals surface area contributed by atoms with Crippen molar-refractivity contribution < 1.29 is 26.4 Å². The van der Waals surface area contributed by atoms with E-state index in [4.69, 9.17) is 10.2 Å². The van der Waals surface area contributed by atoms with Gasteiger partial charge in [0.25, 0.3) is 10.0 Å². The number of amides is 1. The highest BCUT2D eigenvalue weighted by Crippen LogP contribution is 2.31. The van der Waals surface area contributed by atoms with Crippen molar-refractivity contribution in [3.63, 3.8) is 0 Å². The number of furan rings is 1. The van der Waals surface area contributed by atoms with E-state index < -0.39 is 45.6 Å². The van der Waals surface area contributed by atoms with E-state index in [0.717, 1.165) is 18.2 Å². The number of carbonyl (C=O) groups is 1. The summed E-state index contributed by atoms with van der Waals surface area (Å²) in [5.74, 6) is -1.47. The second-order valence-electron chi connectivity index (χ2n) is 5.07. The standard InChI is InChI=1S/C13H12F2N2O4S/c14-8-1-2-11-7(3-8)4-12(21-11)22(19,20)17-6-9(15)5-10(17)13(16)18/h1-4,9-10H,5-6H2,(H2,16,18)/t9-,10+/m1/s1. The van der Waals surface area contributed by atoms with Crippen molar-refractivity contribution in [3.8, 4) is 0 Å². The molecule has 0 unspecified atom stereocenters. The van der Waals surface area contributed by atoms with Crippen LogP contribution in [0, 0.1) is 5.82 Å². The molecule has 0 aliphatic carbocycles. The van der Waals surface area contributed by atoms with Gasteiger partial charge in [-0.15, -0.1) is 0 Å². The summed E-state index contributed by atoms with van der Waals surface area (Å²) in [5, 5.41) is -0.223. The molecule has 0 bridgehead atoms. The molecule has 1 amide bonds. The van der Waals surface area contributed by atoms with Crippen LogP contribution in [-0.4, -0.2) is 37.4 Å². The van der Waals surface area contributed by atoms with Crippen molar-refractivity contribution in [3.05, 3.63) is 30.1 Å². The maximum Gasteiger partial charge on any atom is 0.277 e. The van der Waals surface area contributed by atoms with E-state index in [2.05, 4.69) is 0 Å². The molecule has 0 saturated carbocycles. The third kappa shape index (κ3) is 2.35. The highest BCUT2D eigenvalue weighted by molar-refractivity contribution is 7.89. The molecule has 1 aliphatic rings. The molecular weight excluding hydrogens is 318 g/mol. The van der Waals surface area contributed by atoms with Crippen molar-refractivity contribution in [2.75, 3.05) is 6.54 Å². The molecule has 22 heavy (non-hydrogen) atoms. The molecule has 9 heteroatoms. The van der Waals surface area contributed by atoms with Crippen LogP contribution in [0.25, 0.3) is 11.0 Å². The lowest BCUT2D eigenvalue weighted by atomic mass is 10.2. The van der Waals surface area contributed by atoms with E-state index in [1.807, 2.05) is 0 Å².